The molecule has 1 atom stereocenters. The van der Waals surface area contributed by atoms with E-state index in [1.165, 1.54) is 33.5 Å². The van der Waals surface area contributed by atoms with Gasteiger partial charge in [0.15, 0.2) is 0 Å². The lowest BCUT2D eigenvalue weighted by Crippen LogP contribution is -2.23. The Hall–Kier alpha value is 0.01000. The summed E-state index contributed by atoms with van der Waals surface area (Å²) in [6.07, 6.45) is 2.73. The van der Waals surface area contributed by atoms with E-state index in [1.807, 2.05) is 11.8 Å². The highest BCUT2D eigenvalue weighted by Gasteiger charge is 2.29. The van der Waals surface area contributed by atoms with Crippen LogP contribution in [0, 0.1) is 0 Å². The van der Waals surface area contributed by atoms with Crippen molar-refractivity contribution in [1.82, 2.24) is 5.32 Å². The highest BCUT2D eigenvalue weighted by Crippen LogP contribution is 2.40. The van der Waals surface area contributed by atoms with Crippen LogP contribution < -0.4 is 5.32 Å². The van der Waals surface area contributed by atoms with Crippen LogP contribution in [-0.4, -0.2) is 11.8 Å². The van der Waals surface area contributed by atoms with E-state index in [9.17, 15) is 0 Å². The predicted molar refractivity (Wildman–Crippen MR) is 63.8 cm³/mol. The summed E-state index contributed by atoms with van der Waals surface area (Å²) in [4.78, 5) is 1.45. The van der Waals surface area contributed by atoms with Crippen LogP contribution in [0.25, 0.3) is 0 Å². The van der Waals surface area contributed by atoms with Crippen molar-refractivity contribution in [2.24, 2.45) is 0 Å². The highest BCUT2D eigenvalue weighted by atomic mass is 79.9. The SMILES string of the molecule is Brc1ccc2c(c1)C(NC1CC1)CS2. The molecule has 3 heteroatoms. The summed E-state index contributed by atoms with van der Waals surface area (Å²) >= 11 is 5.51. The van der Waals surface area contributed by atoms with Gasteiger partial charge in [0.05, 0.1) is 0 Å². The van der Waals surface area contributed by atoms with E-state index in [1.54, 1.807) is 0 Å². The molecule has 3 rings (SSSR count). The Balaban J connectivity index is 1.87. The molecule has 0 saturated heterocycles. The van der Waals surface area contributed by atoms with Gasteiger partial charge in [-0.25, -0.2) is 0 Å². The van der Waals surface area contributed by atoms with Crippen LogP contribution in [0.15, 0.2) is 27.6 Å². The van der Waals surface area contributed by atoms with E-state index in [2.05, 4.69) is 39.4 Å². The van der Waals surface area contributed by atoms with Gasteiger partial charge in [0.2, 0.25) is 0 Å². The zero-order valence-electron chi connectivity index (χ0n) is 7.79. The number of thioether (sulfide) groups is 1. The van der Waals surface area contributed by atoms with Crippen molar-refractivity contribution < 1.29 is 0 Å². The first-order valence-electron chi connectivity index (χ1n) is 5.01. The molecule has 1 N–H and O–H groups in total. The van der Waals surface area contributed by atoms with Gasteiger partial charge in [-0.1, -0.05) is 15.9 Å². The second-order valence-corrected chi connectivity index (χ2v) is 5.96. The largest absolute Gasteiger partial charge is 0.306 e. The van der Waals surface area contributed by atoms with Gasteiger partial charge in [-0.3, -0.25) is 0 Å². The normalized spacial score (nSPS) is 25.1. The Kier molecular flexibility index (Phi) is 2.34. The molecular weight excluding hydrogens is 258 g/mol. The number of hydrogen-bond donors (Lipinski definition) is 1. The summed E-state index contributed by atoms with van der Waals surface area (Å²) < 4.78 is 1.20. The second-order valence-electron chi connectivity index (χ2n) is 3.99. The summed E-state index contributed by atoms with van der Waals surface area (Å²) in [5.74, 6) is 1.20. The first-order valence-corrected chi connectivity index (χ1v) is 6.79. The van der Waals surface area contributed by atoms with Gasteiger partial charge >= 0.3 is 0 Å². The van der Waals surface area contributed by atoms with Gasteiger partial charge in [-0.05, 0) is 36.6 Å². The third-order valence-electron chi connectivity index (χ3n) is 2.77. The third-order valence-corrected chi connectivity index (χ3v) is 4.44. The molecule has 0 spiro atoms. The molecule has 0 bridgehead atoms. The maximum Gasteiger partial charge on any atom is 0.0429 e. The van der Waals surface area contributed by atoms with Crippen molar-refractivity contribution >= 4 is 27.7 Å². The van der Waals surface area contributed by atoms with Crippen molar-refractivity contribution in [1.29, 1.82) is 0 Å². The smallest absolute Gasteiger partial charge is 0.0429 e. The van der Waals surface area contributed by atoms with Crippen LogP contribution in [0.4, 0.5) is 0 Å². The van der Waals surface area contributed by atoms with Crippen LogP contribution in [0.3, 0.4) is 0 Å². The quantitative estimate of drug-likeness (QED) is 0.884. The van der Waals surface area contributed by atoms with Crippen LogP contribution in [0.5, 0.6) is 0 Å². The van der Waals surface area contributed by atoms with Gasteiger partial charge < -0.3 is 5.32 Å². The van der Waals surface area contributed by atoms with Gasteiger partial charge in [0, 0.05) is 27.2 Å². The lowest BCUT2D eigenvalue weighted by Gasteiger charge is -2.12. The number of hydrogen-bond acceptors (Lipinski definition) is 2. The molecule has 1 aliphatic heterocycles. The molecule has 0 radical (unpaired) electrons. The zero-order chi connectivity index (χ0) is 9.54. The Morgan fingerprint density at radius 1 is 1.36 bits per heavy atom. The van der Waals surface area contributed by atoms with E-state index >= 15 is 0 Å². The van der Waals surface area contributed by atoms with Crippen molar-refractivity contribution in [2.75, 3.05) is 5.75 Å². The number of benzene rings is 1. The first-order chi connectivity index (χ1) is 6.83. The van der Waals surface area contributed by atoms with E-state index in [-0.39, 0.29) is 0 Å². The molecule has 1 aliphatic carbocycles. The Labute approximate surface area is 96.8 Å². The molecular formula is C11H12BrNS. The molecule has 0 aromatic heterocycles. The molecule has 1 aromatic rings. The van der Waals surface area contributed by atoms with Crippen LogP contribution in [0.1, 0.15) is 24.4 Å². The molecule has 2 aliphatic rings. The lowest BCUT2D eigenvalue weighted by molar-refractivity contribution is 0.580. The Bertz CT molecular complexity index is 362. The maximum atomic E-state index is 3.69. The second kappa shape index (κ2) is 3.54. The lowest BCUT2D eigenvalue weighted by atomic mass is 10.1. The summed E-state index contributed by atoms with van der Waals surface area (Å²) in [6.45, 7) is 0. The summed E-state index contributed by atoms with van der Waals surface area (Å²) in [7, 11) is 0. The van der Waals surface area contributed by atoms with Crippen molar-refractivity contribution in [3.8, 4) is 0 Å². The van der Waals surface area contributed by atoms with Crippen molar-refractivity contribution in [3.05, 3.63) is 28.2 Å². The molecule has 1 unspecified atom stereocenters. The minimum absolute atomic E-state index is 0.583. The monoisotopic (exact) mass is 269 g/mol. The standard InChI is InChI=1S/C11H12BrNS/c12-7-1-4-11-9(5-7)10(6-14-11)13-8-2-3-8/h1,4-5,8,10,13H,2-3,6H2. The topological polar surface area (TPSA) is 12.0 Å². The minimum atomic E-state index is 0.583. The molecule has 1 fully saturated rings. The highest BCUT2D eigenvalue weighted by molar-refractivity contribution is 9.10. The summed E-state index contributed by atoms with van der Waals surface area (Å²) in [6, 6.07) is 7.99. The number of nitrogens with one attached hydrogen (secondary N) is 1. The number of fused-ring (bicyclic) bond motifs is 1. The Morgan fingerprint density at radius 2 is 2.21 bits per heavy atom. The molecule has 74 valence electrons. The molecule has 1 nitrogen and oxygen atoms in total. The van der Waals surface area contributed by atoms with Crippen molar-refractivity contribution in [2.45, 2.75) is 29.8 Å². The van der Waals surface area contributed by atoms with Gasteiger partial charge in [0.1, 0.15) is 0 Å². The van der Waals surface area contributed by atoms with Crippen LogP contribution in [-0.2, 0) is 0 Å². The minimum Gasteiger partial charge on any atom is -0.306 e. The van der Waals surface area contributed by atoms with Crippen LogP contribution in [0.2, 0.25) is 0 Å². The van der Waals surface area contributed by atoms with E-state index < -0.39 is 0 Å². The molecule has 0 amide bonds. The van der Waals surface area contributed by atoms with E-state index in [0.29, 0.717) is 6.04 Å². The fraction of sp³-hybridized carbons (Fsp3) is 0.455. The molecule has 14 heavy (non-hydrogen) atoms. The fourth-order valence-electron chi connectivity index (χ4n) is 1.86. The first kappa shape index (κ1) is 9.25. The predicted octanol–water partition coefficient (Wildman–Crippen LogP) is 3.35. The fourth-order valence-corrected chi connectivity index (χ4v) is 3.39. The molecule has 1 heterocycles. The molecule has 1 aromatic carbocycles. The maximum absolute atomic E-state index is 3.69. The Morgan fingerprint density at radius 3 is 3.00 bits per heavy atom. The van der Waals surface area contributed by atoms with Crippen molar-refractivity contribution in [3.63, 3.8) is 0 Å². The number of rotatable bonds is 2. The third kappa shape index (κ3) is 1.73. The average molecular weight is 270 g/mol. The number of halogens is 1. The summed E-state index contributed by atoms with van der Waals surface area (Å²) in [5, 5.41) is 3.69. The average Bonchev–Trinajstić information content (AvgIpc) is 2.90. The summed E-state index contributed by atoms with van der Waals surface area (Å²) in [5.41, 5.74) is 1.48. The van der Waals surface area contributed by atoms with Crippen LogP contribution >= 0.6 is 27.7 Å². The van der Waals surface area contributed by atoms with E-state index in [0.717, 1.165) is 6.04 Å². The van der Waals surface area contributed by atoms with E-state index in [4.69, 9.17) is 0 Å². The van der Waals surface area contributed by atoms with Gasteiger partial charge in [-0.15, -0.1) is 11.8 Å². The molecule has 1 saturated carbocycles. The van der Waals surface area contributed by atoms with Gasteiger partial charge in [-0.2, -0.15) is 0 Å². The van der Waals surface area contributed by atoms with Gasteiger partial charge in [0.25, 0.3) is 0 Å². The zero-order valence-corrected chi connectivity index (χ0v) is 10.2.